The molecule has 0 aliphatic heterocycles. The number of ether oxygens (including phenoxy) is 14. The molecule has 0 saturated heterocycles. The van der Waals surface area contributed by atoms with E-state index in [2.05, 4.69) is 114 Å². The molecule has 646 valence electrons. The number of para-hydroxylation sites is 1. The minimum Gasteiger partial charge on any atom is -0.465 e. The highest BCUT2D eigenvalue weighted by Crippen LogP contribution is 2.21. The first-order valence-electron chi connectivity index (χ1n) is 35.7. The number of carbonyl (C=O) groups is 4. The Kier molecular flexibility index (Phi) is 53.6. The molecule has 12 rings (SSSR count). The van der Waals surface area contributed by atoms with Gasteiger partial charge in [-0.25, -0.2) is 37.3 Å². The summed E-state index contributed by atoms with van der Waals surface area (Å²) in [5, 5.41) is 4.93. The van der Waals surface area contributed by atoms with Gasteiger partial charge in [0.2, 0.25) is 0 Å². The molecule has 0 aliphatic carbocycles. The number of carbonyl (C=O) groups excluding carboxylic acids is 4. The van der Waals surface area contributed by atoms with Gasteiger partial charge in [-0.3, -0.25) is 44.9 Å². The second-order valence-corrected chi connectivity index (χ2v) is 25.7. The molecular formula is C86H95BrCl3F3N10O18. The Morgan fingerprint density at radius 2 is 0.810 bits per heavy atom. The topological polar surface area (TPSA) is 326 Å². The van der Waals surface area contributed by atoms with Crippen molar-refractivity contribution in [2.24, 2.45) is 0 Å². The monoisotopic (exact) mass is 1800 g/mol. The van der Waals surface area contributed by atoms with Gasteiger partial charge in [0.15, 0.2) is 0 Å². The Morgan fingerprint density at radius 1 is 0.331 bits per heavy atom. The van der Waals surface area contributed by atoms with Crippen LogP contribution in [0.25, 0.3) is 21.7 Å². The summed E-state index contributed by atoms with van der Waals surface area (Å²) in [6, 6.07) is 44.9. The Hall–Kier alpha value is -10.9. The van der Waals surface area contributed by atoms with Gasteiger partial charge in [-0.15, -0.1) is 0 Å². The molecule has 0 atom stereocenters. The van der Waals surface area contributed by atoms with Crippen LogP contribution in [0, 0.1) is 17.5 Å². The van der Waals surface area contributed by atoms with Crippen LogP contribution < -0.4 is 0 Å². The second-order valence-electron chi connectivity index (χ2n) is 23.5. The molecule has 0 bridgehead atoms. The van der Waals surface area contributed by atoms with Gasteiger partial charge in [0, 0.05) is 136 Å². The Morgan fingerprint density at radius 3 is 1.39 bits per heavy atom. The molecular weight excluding hydrogens is 1700 g/mol. The number of fused-ring (bicyclic) bond motifs is 2. The lowest BCUT2D eigenvalue weighted by Gasteiger charge is -2.04. The maximum absolute atomic E-state index is 12.8. The molecule has 35 heteroatoms. The van der Waals surface area contributed by atoms with Gasteiger partial charge in [0.05, 0.1) is 184 Å². The standard InChI is InChI=1S/2C11H11NO.4C9H11NO3.C7H8BrNO.C7H7Cl2NO.C7H7ClFNO.C7H7F2NO/c1-13-8-10-7-6-9-4-2-3-5-11(9)12-10;1-13-8-11-10-5-3-2-4-9(10)6-7-12-11;1-12-6-8-5-7(3-4-10-8)9(11)13-2;1-12-6-8-4-3-7(5-10-8)9(11)13-2;1-12-6-8-7(9(11)13-2)4-3-5-10-8;1-12-6-7-4-3-5-8(10-7)9(11)13-2;1-10-5-7-6(8)3-2-4-9-7;3*1-11-4-7-6(9)2-5(8)3-10-7/h2*2-7H,8H2,1H3;4*3-5H,6H2,1-2H3;2-4H,5H2,1H3;3*2-3H,4H2,1H3. The third-order valence-corrected chi connectivity index (χ3v) is 16.2. The zero-order valence-corrected chi connectivity index (χ0v) is 72.9. The van der Waals surface area contributed by atoms with Gasteiger partial charge in [0.1, 0.15) is 34.5 Å². The van der Waals surface area contributed by atoms with Crippen molar-refractivity contribution in [2.45, 2.75) is 66.1 Å². The van der Waals surface area contributed by atoms with E-state index in [0.717, 1.165) is 45.0 Å². The molecule has 0 amide bonds. The van der Waals surface area contributed by atoms with E-state index in [1.807, 2.05) is 60.8 Å². The average Bonchev–Trinajstić information content (AvgIpc) is 0.832. The van der Waals surface area contributed by atoms with E-state index in [-0.39, 0.29) is 42.5 Å². The molecule has 28 nitrogen and oxygen atoms in total. The quantitative estimate of drug-likeness (QED) is 0.0400. The zero-order chi connectivity index (χ0) is 89.1. The third kappa shape index (κ3) is 40.8. The molecule has 0 fully saturated rings. The molecule has 12 aromatic rings. The highest BCUT2D eigenvalue weighted by Gasteiger charge is 2.13. The van der Waals surface area contributed by atoms with Crippen molar-refractivity contribution in [3.8, 4) is 0 Å². The van der Waals surface area contributed by atoms with Crippen LogP contribution in [0.4, 0.5) is 13.2 Å². The Bertz CT molecular complexity index is 4830. The number of hydrogen-bond acceptors (Lipinski definition) is 28. The van der Waals surface area contributed by atoms with E-state index >= 15 is 0 Å². The molecule has 121 heavy (non-hydrogen) atoms. The van der Waals surface area contributed by atoms with Gasteiger partial charge in [-0.2, -0.15) is 0 Å². The van der Waals surface area contributed by atoms with E-state index in [1.54, 1.807) is 142 Å². The highest BCUT2D eigenvalue weighted by atomic mass is 79.9. The highest BCUT2D eigenvalue weighted by molar-refractivity contribution is 9.10. The van der Waals surface area contributed by atoms with Crippen LogP contribution in [0.1, 0.15) is 98.5 Å². The fourth-order valence-electron chi connectivity index (χ4n) is 9.25. The average molecular weight is 1800 g/mol. The first-order chi connectivity index (χ1) is 58.5. The molecule has 0 saturated carbocycles. The summed E-state index contributed by atoms with van der Waals surface area (Å²) in [5.74, 6) is -3.34. The van der Waals surface area contributed by atoms with Crippen LogP contribution in [0.2, 0.25) is 15.1 Å². The minimum atomic E-state index is -0.678. The second kappa shape index (κ2) is 62.2. The molecule has 0 aliphatic rings. The maximum atomic E-state index is 12.8. The van der Waals surface area contributed by atoms with Crippen LogP contribution in [0.3, 0.4) is 0 Å². The first-order valence-corrected chi connectivity index (χ1v) is 37.6. The van der Waals surface area contributed by atoms with Gasteiger partial charge in [0.25, 0.3) is 0 Å². The summed E-state index contributed by atoms with van der Waals surface area (Å²) >= 11 is 20.2. The van der Waals surface area contributed by atoms with E-state index in [9.17, 15) is 32.3 Å². The summed E-state index contributed by atoms with van der Waals surface area (Å²) in [4.78, 5) is 84.4. The van der Waals surface area contributed by atoms with Crippen molar-refractivity contribution in [2.75, 3.05) is 99.5 Å². The number of aromatic nitrogens is 10. The van der Waals surface area contributed by atoms with E-state index in [4.69, 9.17) is 77.4 Å². The van der Waals surface area contributed by atoms with Crippen molar-refractivity contribution < 1.29 is 98.7 Å². The van der Waals surface area contributed by atoms with Crippen molar-refractivity contribution in [1.29, 1.82) is 0 Å². The molecule has 10 heterocycles. The molecule has 0 N–H and O–H groups in total. The molecule has 2 aromatic carbocycles. The van der Waals surface area contributed by atoms with Crippen LogP contribution in [-0.2, 0) is 132 Å². The van der Waals surface area contributed by atoms with E-state index in [1.165, 1.54) is 77.3 Å². The number of pyridine rings is 10. The predicted molar refractivity (Wildman–Crippen MR) is 452 cm³/mol. The predicted octanol–water partition coefficient (Wildman–Crippen LogP) is 16.9. The molecule has 0 radical (unpaired) electrons. The summed E-state index contributed by atoms with van der Waals surface area (Å²) in [5.41, 5.74) is 9.53. The van der Waals surface area contributed by atoms with Crippen LogP contribution in [0.5, 0.6) is 0 Å². The Labute approximate surface area is 723 Å². The largest absolute Gasteiger partial charge is 0.465 e. The van der Waals surface area contributed by atoms with Gasteiger partial charge in [-0.1, -0.05) is 89.4 Å². The van der Waals surface area contributed by atoms with Crippen LogP contribution in [-0.4, -0.2) is 173 Å². The summed E-state index contributed by atoms with van der Waals surface area (Å²) < 4.78 is 106. The number of methoxy groups -OCH3 is 14. The normalized spacial score (nSPS) is 9.99. The number of hydrogen-bond donors (Lipinski definition) is 0. The van der Waals surface area contributed by atoms with E-state index < -0.39 is 23.4 Å². The summed E-state index contributed by atoms with van der Waals surface area (Å²) in [6.45, 7) is 3.89. The number of esters is 4. The zero-order valence-electron chi connectivity index (χ0n) is 69.1. The maximum Gasteiger partial charge on any atom is 0.356 e. The minimum absolute atomic E-state index is 0.0616. The van der Waals surface area contributed by atoms with Gasteiger partial charge in [-0.05, 0) is 112 Å². The summed E-state index contributed by atoms with van der Waals surface area (Å²) in [6.07, 6.45) is 12.1. The molecule has 0 unspecified atom stereocenters. The smallest absolute Gasteiger partial charge is 0.356 e. The number of rotatable bonds is 24. The van der Waals surface area contributed by atoms with Crippen LogP contribution >= 0.6 is 50.7 Å². The molecule has 10 aromatic heterocycles. The van der Waals surface area contributed by atoms with Gasteiger partial charge < -0.3 is 66.3 Å². The fourth-order valence-corrected chi connectivity index (χ4v) is 10.2. The van der Waals surface area contributed by atoms with Crippen molar-refractivity contribution in [3.63, 3.8) is 0 Å². The summed E-state index contributed by atoms with van der Waals surface area (Å²) in [7, 11) is 21.2. The third-order valence-electron chi connectivity index (χ3n) is 14.7. The van der Waals surface area contributed by atoms with E-state index in [0.29, 0.717) is 113 Å². The number of nitrogens with zero attached hydrogens (tertiary/aromatic N) is 10. The Balaban J connectivity index is 0.000000348. The van der Waals surface area contributed by atoms with Crippen molar-refractivity contribution in [1.82, 2.24) is 49.8 Å². The van der Waals surface area contributed by atoms with Crippen molar-refractivity contribution >= 4 is 96.3 Å². The first kappa shape index (κ1) is 104. The molecule has 0 spiro atoms. The lowest BCUT2D eigenvalue weighted by Crippen LogP contribution is -2.07. The fraction of sp³-hybridized carbons (Fsp3) is 0.279. The van der Waals surface area contributed by atoms with Crippen molar-refractivity contribution in [3.05, 3.63) is 318 Å². The lowest BCUT2D eigenvalue weighted by molar-refractivity contribution is 0.0585. The van der Waals surface area contributed by atoms with Crippen LogP contribution in [0.15, 0.2) is 206 Å². The SMILES string of the molecule is COCc1cc(C(=O)OC)ccn1.COCc1ccc(C(=O)OC)cn1.COCc1ccc2ccccc2n1.COCc1cccc(C(=O)OC)n1.COCc1ncc(Cl)cc1Cl.COCc1ncc(Cl)cc1F.COCc1ncc(F)cc1F.COCc1nccc2ccccc12.COCc1ncccc1Br.COCc1ncccc1C(=O)OC. The van der Waals surface area contributed by atoms with Gasteiger partial charge >= 0.3 is 23.9 Å². The lowest BCUT2D eigenvalue weighted by atomic mass is 10.1. The number of halogens is 7. The number of benzene rings is 2.